The summed E-state index contributed by atoms with van der Waals surface area (Å²) in [6.07, 6.45) is -3.28. The number of hydrogen-bond acceptors (Lipinski definition) is 3. The van der Waals surface area contributed by atoms with Gasteiger partial charge in [-0.15, -0.1) is 0 Å². The monoisotopic (exact) mass is 381 g/mol. The van der Waals surface area contributed by atoms with Crippen LogP contribution in [0.25, 0.3) is 6.08 Å². The van der Waals surface area contributed by atoms with E-state index in [1.54, 1.807) is 18.2 Å². The Morgan fingerprint density at radius 2 is 1.89 bits per heavy atom. The Hall–Kier alpha value is -3.03. The number of benzene rings is 2. The molecule has 27 heavy (non-hydrogen) atoms. The van der Waals surface area contributed by atoms with Crippen molar-refractivity contribution in [2.45, 2.75) is 12.2 Å². The molecule has 0 fully saturated rings. The Bertz CT molecular complexity index is 876. The maximum Gasteiger partial charge on any atom is 0.412 e. The Morgan fingerprint density at radius 3 is 2.52 bits per heavy atom. The van der Waals surface area contributed by atoms with Crippen LogP contribution in [0.1, 0.15) is 17.2 Å². The first-order valence-corrected chi connectivity index (χ1v) is 7.92. The lowest BCUT2D eigenvalue weighted by atomic mass is 10.0. The molecule has 4 nitrogen and oxygen atoms in total. The standard InChI is InChI=1S/C19H15F4NO3/c1-26-15-7-4-12-8-13(10-27-16(12)9-15)18(25)24-17(19(21,22)23)11-2-5-14(20)6-3-11/h2-9,17H,10H2,1H3,(H,24,25). The van der Waals surface area contributed by atoms with Crippen LogP contribution in [0.4, 0.5) is 17.6 Å². The summed E-state index contributed by atoms with van der Waals surface area (Å²) in [5.41, 5.74) is 0.335. The van der Waals surface area contributed by atoms with Crippen molar-refractivity contribution in [1.82, 2.24) is 5.32 Å². The molecule has 142 valence electrons. The van der Waals surface area contributed by atoms with Crippen LogP contribution in [-0.2, 0) is 4.79 Å². The van der Waals surface area contributed by atoms with Crippen molar-refractivity contribution in [2.24, 2.45) is 0 Å². The van der Waals surface area contributed by atoms with Crippen molar-refractivity contribution in [3.05, 3.63) is 65.0 Å². The van der Waals surface area contributed by atoms with Crippen LogP contribution in [0.5, 0.6) is 11.5 Å². The molecule has 3 rings (SSSR count). The largest absolute Gasteiger partial charge is 0.497 e. The Kier molecular flexibility index (Phi) is 5.07. The maximum atomic E-state index is 13.4. The first-order chi connectivity index (χ1) is 12.8. The summed E-state index contributed by atoms with van der Waals surface area (Å²) in [6, 6.07) is 6.45. The molecule has 1 atom stereocenters. The number of halogens is 4. The Labute approximate surface area is 152 Å². The molecule has 0 bridgehead atoms. The summed E-state index contributed by atoms with van der Waals surface area (Å²) in [6.45, 7) is -0.181. The van der Waals surface area contributed by atoms with Crippen molar-refractivity contribution in [3.63, 3.8) is 0 Å². The quantitative estimate of drug-likeness (QED) is 0.814. The average Bonchev–Trinajstić information content (AvgIpc) is 2.65. The van der Waals surface area contributed by atoms with E-state index < -0.39 is 23.9 Å². The van der Waals surface area contributed by atoms with Gasteiger partial charge in [0.15, 0.2) is 6.04 Å². The van der Waals surface area contributed by atoms with Gasteiger partial charge in [0.2, 0.25) is 0 Å². The number of methoxy groups -OCH3 is 1. The van der Waals surface area contributed by atoms with Crippen LogP contribution < -0.4 is 14.8 Å². The summed E-state index contributed by atoms with van der Waals surface area (Å²) in [5.74, 6) is -0.551. The normalized spacial score (nSPS) is 14.5. The minimum atomic E-state index is -4.74. The maximum absolute atomic E-state index is 13.4. The molecule has 1 unspecified atom stereocenters. The van der Waals surface area contributed by atoms with Gasteiger partial charge >= 0.3 is 6.18 Å². The minimum Gasteiger partial charge on any atom is -0.497 e. The van der Waals surface area contributed by atoms with E-state index in [1.807, 2.05) is 5.32 Å². The highest BCUT2D eigenvalue weighted by molar-refractivity contribution is 5.99. The van der Waals surface area contributed by atoms with Crippen molar-refractivity contribution in [3.8, 4) is 11.5 Å². The molecule has 0 saturated carbocycles. The van der Waals surface area contributed by atoms with Gasteiger partial charge < -0.3 is 14.8 Å². The van der Waals surface area contributed by atoms with Gasteiger partial charge in [0.05, 0.1) is 12.7 Å². The third-order valence-corrected chi connectivity index (χ3v) is 4.03. The van der Waals surface area contributed by atoms with Gasteiger partial charge in [-0.25, -0.2) is 4.39 Å². The summed E-state index contributed by atoms with van der Waals surface area (Å²) in [7, 11) is 1.49. The van der Waals surface area contributed by atoms with E-state index in [1.165, 1.54) is 13.2 Å². The van der Waals surface area contributed by atoms with E-state index in [0.29, 0.717) is 17.1 Å². The fraction of sp³-hybridized carbons (Fsp3) is 0.211. The molecule has 2 aromatic carbocycles. The number of nitrogens with one attached hydrogen (secondary N) is 1. The highest BCUT2D eigenvalue weighted by Crippen LogP contribution is 2.34. The Morgan fingerprint density at radius 1 is 1.19 bits per heavy atom. The van der Waals surface area contributed by atoms with E-state index in [2.05, 4.69) is 0 Å². The number of fused-ring (bicyclic) bond motifs is 1. The number of hydrogen-bond donors (Lipinski definition) is 1. The van der Waals surface area contributed by atoms with E-state index in [-0.39, 0.29) is 17.7 Å². The van der Waals surface area contributed by atoms with Crippen LogP contribution in [0.2, 0.25) is 0 Å². The van der Waals surface area contributed by atoms with Crippen LogP contribution in [0.3, 0.4) is 0 Å². The SMILES string of the molecule is COc1ccc2c(c1)OCC(C(=O)NC(c1ccc(F)cc1)C(F)(F)F)=C2. The van der Waals surface area contributed by atoms with Crippen molar-refractivity contribution in [1.29, 1.82) is 0 Å². The van der Waals surface area contributed by atoms with Crippen LogP contribution in [0.15, 0.2) is 48.0 Å². The summed E-state index contributed by atoms with van der Waals surface area (Å²) >= 11 is 0. The lowest BCUT2D eigenvalue weighted by Crippen LogP contribution is -2.39. The first kappa shape index (κ1) is 18.8. The molecule has 0 radical (unpaired) electrons. The summed E-state index contributed by atoms with van der Waals surface area (Å²) < 4.78 is 63.7. The smallest absolute Gasteiger partial charge is 0.412 e. The summed E-state index contributed by atoms with van der Waals surface area (Å²) in [4.78, 5) is 12.4. The second-order valence-electron chi connectivity index (χ2n) is 5.86. The molecule has 8 heteroatoms. The van der Waals surface area contributed by atoms with E-state index >= 15 is 0 Å². The second-order valence-corrected chi connectivity index (χ2v) is 5.86. The predicted molar refractivity (Wildman–Crippen MR) is 89.8 cm³/mol. The number of ether oxygens (including phenoxy) is 2. The third kappa shape index (κ3) is 4.21. The number of alkyl halides is 3. The second kappa shape index (κ2) is 7.30. The molecule has 2 aromatic rings. The number of amides is 1. The topological polar surface area (TPSA) is 47.6 Å². The van der Waals surface area contributed by atoms with Gasteiger partial charge in [-0.1, -0.05) is 12.1 Å². The lowest BCUT2D eigenvalue weighted by molar-refractivity contribution is -0.162. The molecular formula is C19H15F4NO3. The molecule has 1 amide bonds. The van der Waals surface area contributed by atoms with Crippen LogP contribution in [0, 0.1) is 5.82 Å². The molecule has 0 aromatic heterocycles. The number of rotatable bonds is 4. The lowest BCUT2D eigenvalue weighted by Gasteiger charge is -2.24. The molecule has 0 aliphatic carbocycles. The Balaban J connectivity index is 1.83. The number of carbonyl (C=O) groups excluding carboxylic acids is 1. The highest BCUT2D eigenvalue weighted by atomic mass is 19.4. The predicted octanol–water partition coefficient (Wildman–Crippen LogP) is 4.03. The molecule has 1 N–H and O–H groups in total. The summed E-state index contributed by atoms with van der Waals surface area (Å²) in [5, 5.41) is 1.96. The van der Waals surface area contributed by atoms with Gasteiger partial charge in [0, 0.05) is 11.6 Å². The molecule has 0 spiro atoms. The van der Waals surface area contributed by atoms with Gasteiger partial charge in [0.25, 0.3) is 5.91 Å². The van der Waals surface area contributed by atoms with E-state index in [4.69, 9.17) is 9.47 Å². The minimum absolute atomic E-state index is 0.0454. The van der Waals surface area contributed by atoms with Gasteiger partial charge in [-0.3, -0.25) is 4.79 Å². The average molecular weight is 381 g/mol. The van der Waals surface area contributed by atoms with Crippen LogP contribution in [-0.4, -0.2) is 25.8 Å². The molecular weight excluding hydrogens is 366 g/mol. The van der Waals surface area contributed by atoms with Gasteiger partial charge in [-0.05, 0) is 35.9 Å². The molecule has 0 saturated heterocycles. The zero-order chi connectivity index (χ0) is 19.6. The molecule has 1 aliphatic heterocycles. The van der Waals surface area contributed by atoms with Crippen LogP contribution >= 0.6 is 0 Å². The zero-order valence-corrected chi connectivity index (χ0v) is 14.1. The third-order valence-electron chi connectivity index (χ3n) is 4.03. The fourth-order valence-electron chi connectivity index (χ4n) is 2.64. The fourth-order valence-corrected chi connectivity index (χ4v) is 2.64. The molecule has 1 aliphatic rings. The van der Waals surface area contributed by atoms with Crippen molar-refractivity contribution in [2.75, 3.05) is 13.7 Å². The zero-order valence-electron chi connectivity index (χ0n) is 14.1. The van der Waals surface area contributed by atoms with Crippen molar-refractivity contribution >= 4 is 12.0 Å². The van der Waals surface area contributed by atoms with Gasteiger partial charge in [-0.2, -0.15) is 13.2 Å². The first-order valence-electron chi connectivity index (χ1n) is 7.92. The van der Waals surface area contributed by atoms with Crippen molar-refractivity contribution < 1.29 is 31.8 Å². The number of carbonyl (C=O) groups is 1. The molecule has 1 heterocycles. The highest BCUT2D eigenvalue weighted by Gasteiger charge is 2.42. The van der Waals surface area contributed by atoms with E-state index in [0.717, 1.165) is 24.3 Å². The van der Waals surface area contributed by atoms with Gasteiger partial charge in [0.1, 0.15) is 23.9 Å². The van der Waals surface area contributed by atoms with E-state index in [9.17, 15) is 22.4 Å².